The zero-order valence-corrected chi connectivity index (χ0v) is 10.2. The summed E-state index contributed by atoms with van der Waals surface area (Å²) < 4.78 is 1.87. The van der Waals surface area contributed by atoms with E-state index < -0.39 is 0 Å². The Morgan fingerprint density at radius 3 is 3.00 bits per heavy atom. The number of aromatic nitrogens is 2. The van der Waals surface area contributed by atoms with Crippen LogP contribution in [-0.2, 0) is 13.6 Å². The van der Waals surface area contributed by atoms with E-state index in [0.717, 1.165) is 25.3 Å². The summed E-state index contributed by atoms with van der Waals surface area (Å²) in [5.41, 5.74) is 2.43. The molecule has 0 radical (unpaired) electrons. The van der Waals surface area contributed by atoms with E-state index in [4.69, 9.17) is 0 Å². The fourth-order valence-corrected chi connectivity index (χ4v) is 2.49. The number of nitrogens with zero attached hydrogens (tertiary/aromatic N) is 3. The van der Waals surface area contributed by atoms with Gasteiger partial charge >= 0.3 is 0 Å². The van der Waals surface area contributed by atoms with Gasteiger partial charge in [0, 0.05) is 38.5 Å². The molecule has 2 heterocycles. The molecule has 4 heteroatoms. The van der Waals surface area contributed by atoms with Crippen LogP contribution in [0.5, 0.6) is 0 Å². The molecule has 1 aliphatic rings. The van der Waals surface area contributed by atoms with Gasteiger partial charge in [-0.05, 0) is 32.2 Å². The van der Waals surface area contributed by atoms with Crippen molar-refractivity contribution < 1.29 is 5.11 Å². The van der Waals surface area contributed by atoms with Crippen LogP contribution in [0.1, 0.15) is 24.1 Å². The first-order valence-electron chi connectivity index (χ1n) is 6.01. The minimum Gasteiger partial charge on any atom is -0.396 e. The number of aryl methyl sites for hydroxylation is 2. The highest BCUT2D eigenvalue weighted by Crippen LogP contribution is 2.18. The Morgan fingerprint density at radius 2 is 2.38 bits per heavy atom. The van der Waals surface area contributed by atoms with E-state index in [-0.39, 0.29) is 0 Å². The van der Waals surface area contributed by atoms with Crippen molar-refractivity contribution in [2.75, 3.05) is 19.7 Å². The molecule has 1 fully saturated rings. The molecular weight excluding hydrogens is 202 g/mol. The normalized spacial score (nSPS) is 22.6. The van der Waals surface area contributed by atoms with Gasteiger partial charge in [0.1, 0.15) is 0 Å². The third kappa shape index (κ3) is 2.62. The standard InChI is InChI=1S/C12H21N3O/c1-10-12(7-14(2)13-10)8-15-5-3-4-11(6-15)9-16/h7,11,16H,3-6,8-9H2,1-2H3. The van der Waals surface area contributed by atoms with Gasteiger partial charge in [-0.15, -0.1) is 0 Å². The molecule has 1 atom stereocenters. The van der Waals surface area contributed by atoms with Crippen LogP contribution in [0.25, 0.3) is 0 Å². The van der Waals surface area contributed by atoms with E-state index in [2.05, 4.69) is 23.1 Å². The molecule has 1 aromatic heterocycles. The summed E-state index contributed by atoms with van der Waals surface area (Å²) in [6.45, 7) is 5.51. The fraction of sp³-hybridized carbons (Fsp3) is 0.750. The molecule has 0 saturated carbocycles. The van der Waals surface area contributed by atoms with E-state index >= 15 is 0 Å². The maximum Gasteiger partial charge on any atom is 0.0638 e. The molecule has 16 heavy (non-hydrogen) atoms. The van der Waals surface area contributed by atoms with E-state index in [9.17, 15) is 5.11 Å². The number of likely N-dealkylation sites (tertiary alicyclic amines) is 1. The van der Waals surface area contributed by atoms with Crippen LogP contribution < -0.4 is 0 Å². The minimum absolute atomic E-state index is 0.322. The molecule has 0 amide bonds. The lowest BCUT2D eigenvalue weighted by atomic mass is 9.99. The van der Waals surface area contributed by atoms with E-state index in [1.165, 1.54) is 18.4 Å². The van der Waals surface area contributed by atoms with Crippen LogP contribution in [0.2, 0.25) is 0 Å². The zero-order chi connectivity index (χ0) is 11.5. The lowest BCUT2D eigenvalue weighted by Crippen LogP contribution is -2.36. The van der Waals surface area contributed by atoms with Gasteiger partial charge < -0.3 is 5.11 Å². The summed E-state index contributed by atoms with van der Waals surface area (Å²) in [7, 11) is 1.96. The lowest BCUT2D eigenvalue weighted by molar-refractivity contribution is 0.116. The first-order valence-corrected chi connectivity index (χ1v) is 6.01. The topological polar surface area (TPSA) is 41.3 Å². The lowest BCUT2D eigenvalue weighted by Gasteiger charge is -2.31. The van der Waals surface area contributed by atoms with E-state index in [1.54, 1.807) is 0 Å². The Balaban J connectivity index is 1.96. The number of piperidine rings is 1. The highest BCUT2D eigenvalue weighted by Gasteiger charge is 2.20. The predicted octanol–water partition coefficient (Wildman–Crippen LogP) is 0.933. The van der Waals surface area contributed by atoms with Crippen molar-refractivity contribution >= 4 is 0 Å². The molecule has 0 aromatic carbocycles. The quantitative estimate of drug-likeness (QED) is 0.829. The van der Waals surface area contributed by atoms with Crippen molar-refractivity contribution in [3.63, 3.8) is 0 Å². The zero-order valence-electron chi connectivity index (χ0n) is 10.2. The molecule has 0 bridgehead atoms. The van der Waals surface area contributed by atoms with Crippen LogP contribution in [0, 0.1) is 12.8 Å². The number of hydrogen-bond acceptors (Lipinski definition) is 3. The first-order chi connectivity index (χ1) is 7.69. The third-order valence-electron chi connectivity index (χ3n) is 3.37. The minimum atomic E-state index is 0.322. The molecule has 0 aliphatic carbocycles. The van der Waals surface area contributed by atoms with Gasteiger partial charge in [-0.1, -0.05) is 0 Å². The molecule has 1 aromatic rings. The number of aliphatic hydroxyl groups is 1. The second-order valence-electron chi connectivity index (χ2n) is 4.84. The summed E-state index contributed by atoms with van der Waals surface area (Å²) >= 11 is 0. The van der Waals surface area contributed by atoms with Crippen molar-refractivity contribution in [3.8, 4) is 0 Å². The van der Waals surface area contributed by atoms with E-state index in [1.807, 2.05) is 11.7 Å². The summed E-state index contributed by atoms with van der Waals surface area (Å²) in [5, 5.41) is 13.5. The van der Waals surface area contributed by atoms with Gasteiger partial charge in [-0.3, -0.25) is 9.58 Å². The Hall–Kier alpha value is -0.870. The predicted molar refractivity (Wildman–Crippen MR) is 63.0 cm³/mol. The largest absolute Gasteiger partial charge is 0.396 e. The van der Waals surface area contributed by atoms with Gasteiger partial charge in [0.25, 0.3) is 0 Å². The highest BCUT2D eigenvalue weighted by atomic mass is 16.3. The summed E-state index contributed by atoms with van der Waals surface area (Å²) in [6, 6.07) is 0. The SMILES string of the molecule is Cc1nn(C)cc1CN1CCCC(CO)C1. The smallest absolute Gasteiger partial charge is 0.0638 e. The molecule has 4 nitrogen and oxygen atoms in total. The van der Waals surface area contributed by atoms with Crippen molar-refractivity contribution in [3.05, 3.63) is 17.5 Å². The first kappa shape index (κ1) is 11.6. The van der Waals surface area contributed by atoms with Crippen LogP contribution in [0.15, 0.2) is 6.20 Å². The average molecular weight is 223 g/mol. The molecule has 1 aliphatic heterocycles. The van der Waals surface area contributed by atoms with Crippen LogP contribution in [-0.4, -0.2) is 39.5 Å². The van der Waals surface area contributed by atoms with Crippen LogP contribution in [0.4, 0.5) is 0 Å². The molecule has 90 valence electrons. The molecule has 1 saturated heterocycles. The average Bonchev–Trinajstić information content (AvgIpc) is 2.58. The monoisotopic (exact) mass is 223 g/mol. The highest BCUT2D eigenvalue weighted by molar-refractivity contribution is 5.15. The molecule has 1 unspecified atom stereocenters. The van der Waals surface area contributed by atoms with Crippen molar-refractivity contribution in [2.24, 2.45) is 13.0 Å². The van der Waals surface area contributed by atoms with Gasteiger partial charge in [-0.2, -0.15) is 5.10 Å². The maximum absolute atomic E-state index is 9.19. The van der Waals surface area contributed by atoms with Crippen molar-refractivity contribution in [1.29, 1.82) is 0 Å². The second kappa shape index (κ2) is 4.97. The van der Waals surface area contributed by atoms with Crippen molar-refractivity contribution in [2.45, 2.75) is 26.3 Å². The Kier molecular flexibility index (Phi) is 3.61. The molecule has 0 spiro atoms. The van der Waals surface area contributed by atoms with Gasteiger partial charge in [0.15, 0.2) is 0 Å². The second-order valence-corrected chi connectivity index (χ2v) is 4.84. The number of aliphatic hydroxyl groups excluding tert-OH is 1. The van der Waals surface area contributed by atoms with Gasteiger partial charge in [-0.25, -0.2) is 0 Å². The van der Waals surface area contributed by atoms with E-state index in [0.29, 0.717) is 12.5 Å². The van der Waals surface area contributed by atoms with Crippen LogP contribution in [0.3, 0.4) is 0 Å². The molecule has 1 N–H and O–H groups in total. The van der Waals surface area contributed by atoms with Crippen LogP contribution >= 0.6 is 0 Å². The maximum atomic E-state index is 9.19. The Labute approximate surface area is 96.9 Å². The number of hydrogen-bond donors (Lipinski definition) is 1. The number of rotatable bonds is 3. The third-order valence-corrected chi connectivity index (χ3v) is 3.37. The Bertz CT molecular complexity index is 348. The fourth-order valence-electron chi connectivity index (χ4n) is 2.49. The summed E-state index contributed by atoms with van der Waals surface area (Å²) in [5.74, 6) is 0.464. The summed E-state index contributed by atoms with van der Waals surface area (Å²) in [4.78, 5) is 2.42. The van der Waals surface area contributed by atoms with Crippen molar-refractivity contribution in [1.82, 2.24) is 14.7 Å². The summed E-state index contributed by atoms with van der Waals surface area (Å²) in [6.07, 6.45) is 4.46. The van der Waals surface area contributed by atoms with Gasteiger partial charge in [0.2, 0.25) is 0 Å². The van der Waals surface area contributed by atoms with Gasteiger partial charge in [0.05, 0.1) is 5.69 Å². The Morgan fingerprint density at radius 1 is 1.56 bits per heavy atom. The molecule has 2 rings (SSSR count). The molecular formula is C12H21N3O.